The van der Waals surface area contributed by atoms with E-state index in [1.54, 1.807) is 14.0 Å². The number of carbonyl (C=O) groups is 1. The predicted octanol–water partition coefficient (Wildman–Crippen LogP) is 2.49. The predicted molar refractivity (Wildman–Crippen MR) is 99.1 cm³/mol. The van der Waals surface area contributed by atoms with Crippen LogP contribution in [0.5, 0.6) is 0 Å². The average Bonchev–Trinajstić information content (AvgIpc) is 3.14. The van der Waals surface area contributed by atoms with E-state index in [0.29, 0.717) is 31.5 Å². The van der Waals surface area contributed by atoms with E-state index in [4.69, 9.17) is 14.0 Å². The summed E-state index contributed by atoms with van der Waals surface area (Å²) in [5.74, 6) is 1.20. The minimum Gasteiger partial charge on any atom is -0.385 e. The van der Waals surface area contributed by atoms with Crippen molar-refractivity contribution in [2.75, 3.05) is 33.4 Å². The number of aromatic nitrogens is 2. The molecule has 0 radical (unpaired) electrons. The van der Waals surface area contributed by atoms with Gasteiger partial charge < -0.3 is 18.9 Å². The van der Waals surface area contributed by atoms with Crippen LogP contribution in [0, 0.1) is 6.92 Å². The van der Waals surface area contributed by atoms with Gasteiger partial charge in [-0.3, -0.25) is 4.79 Å². The largest absolute Gasteiger partial charge is 0.385 e. The van der Waals surface area contributed by atoms with Gasteiger partial charge in [-0.05, 0) is 24.8 Å². The van der Waals surface area contributed by atoms with Gasteiger partial charge in [-0.15, -0.1) is 0 Å². The van der Waals surface area contributed by atoms with E-state index in [2.05, 4.69) is 10.1 Å². The molecule has 3 rings (SSSR count). The lowest BCUT2D eigenvalue weighted by Crippen LogP contribution is -2.50. The average molecular weight is 373 g/mol. The molecule has 7 nitrogen and oxygen atoms in total. The minimum atomic E-state index is -0.332. The van der Waals surface area contributed by atoms with E-state index in [0.717, 1.165) is 31.4 Å². The summed E-state index contributed by atoms with van der Waals surface area (Å²) in [7, 11) is 1.68. The standard InChI is InChI=1S/C20H27N3O4/c1-16-21-19(22-27-16)20(10-12-25-2)9-6-11-23(15-20)18(24)14-26-13-17-7-4-3-5-8-17/h3-5,7-8H,6,9-15H2,1-2H3. The van der Waals surface area contributed by atoms with Crippen molar-refractivity contribution in [1.82, 2.24) is 15.0 Å². The topological polar surface area (TPSA) is 77.7 Å². The van der Waals surface area contributed by atoms with E-state index in [-0.39, 0.29) is 17.9 Å². The monoisotopic (exact) mass is 373 g/mol. The molecule has 27 heavy (non-hydrogen) atoms. The number of amides is 1. The minimum absolute atomic E-state index is 0.00682. The summed E-state index contributed by atoms with van der Waals surface area (Å²) >= 11 is 0. The molecule has 1 aliphatic heterocycles. The molecule has 0 bridgehead atoms. The van der Waals surface area contributed by atoms with Gasteiger partial charge in [0.1, 0.15) is 6.61 Å². The molecule has 7 heteroatoms. The second-order valence-electron chi connectivity index (χ2n) is 7.06. The number of nitrogens with zero attached hydrogens (tertiary/aromatic N) is 3. The van der Waals surface area contributed by atoms with Crippen molar-refractivity contribution in [3.63, 3.8) is 0 Å². The van der Waals surface area contributed by atoms with Gasteiger partial charge in [-0.2, -0.15) is 4.98 Å². The summed E-state index contributed by atoms with van der Waals surface area (Å²) in [6.45, 7) is 4.14. The first-order valence-corrected chi connectivity index (χ1v) is 9.32. The maximum Gasteiger partial charge on any atom is 0.248 e. The van der Waals surface area contributed by atoms with Crippen LogP contribution in [0.4, 0.5) is 0 Å². The number of hydrogen-bond acceptors (Lipinski definition) is 6. The van der Waals surface area contributed by atoms with Crippen LogP contribution in [0.3, 0.4) is 0 Å². The van der Waals surface area contributed by atoms with E-state index < -0.39 is 0 Å². The van der Waals surface area contributed by atoms with Crippen molar-refractivity contribution < 1.29 is 18.8 Å². The lowest BCUT2D eigenvalue weighted by atomic mass is 9.76. The normalized spacial score (nSPS) is 20.0. The van der Waals surface area contributed by atoms with Crippen LogP contribution in [0.15, 0.2) is 34.9 Å². The second kappa shape index (κ2) is 9.10. The molecule has 0 saturated carbocycles. The summed E-state index contributed by atoms with van der Waals surface area (Å²) in [5.41, 5.74) is 0.724. The SMILES string of the molecule is COCCC1(c2noc(C)n2)CCCN(C(=O)COCc2ccccc2)C1. The number of likely N-dealkylation sites (tertiary alicyclic amines) is 1. The van der Waals surface area contributed by atoms with Crippen molar-refractivity contribution in [2.45, 2.75) is 38.2 Å². The number of carbonyl (C=O) groups excluding carboxylic acids is 1. The number of rotatable bonds is 8. The van der Waals surface area contributed by atoms with Crippen LogP contribution >= 0.6 is 0 Å². The summed E-state index contributed by atoms with van der Waals surface area (Å²) in [6.07, 6.45) is 2.54. The van der Waals surface area contributed by atoms with E-state index in [9.17, 15) is 4.79 Å². The van der Waals surface area contributed by atoms with Gasteiger partial charge in [0.25, 0.3) is 0 Å². The van der Waals surface area contributed by atoms with Crippen LogP contribution in [-0.2, 0) is 26.3 Å². The van der Waals surface area contributed by atoms with Crippen molar-refractivity contribution >= 4 is 5.91 Å². The Morgan fingerprint density at radius 2 is 2.15 bits per heavy atom. The molecule has 1 fully saturated rings. The molecule has 1 amide bonds. The number of hydrogen-bond donors (Lipinski definition) is 0. The highest BCUT2D eigenvalue weighted by atomic mass is 16.5. The Morgan fingerprint density at radius 1 is 1.33 bits per heavy atom. The maximum atomic E-state index is 12.7. The molecule has 1 saturated heterocycles. The van der Waals surface area contributed by atoms with Gasteiger partial charge in [0.2, 0.25) is 11.8 Å². The van der Waals surface area contributed by atoms with Crippen LogP contribution in [-0.4, -0.2) is 54.4 Å². The lowest BCUT2D eigenvalue weighted by molar-refractivity contribution is -0.139. The Kier molecular flexibility index (Phi) is 6.58. The highest BCUT2D eigenvalue weighted by molar-refractivity contribution is 5.77. The molecule has 1 aromatic heterocycles. The van der Waals surface area contributed by atoms with Crippen LogP contribution in [0.1, 0.15) is 36.5 Å². The molecule has 1 atom stereocenters. The van der Waals surface area contributed by atoms with Gasteiger partial charge in [0.05, 0.1) is 12.0 Å². The van der Waals surface area contributed by atoms with Crippen molar-refractivity contribution in [2.24, 2.45) is 0 Å². The number of ether oxygens (including phenoxy) is 2. The summed E-state index contributed by atoms with van der Waals surface area (Å²) in [5, 5.41) is 4.15. The number of methoxy groups -OCH3 is 1. The zero-order chi connectivity index (χ0) is 19.1. The van der Waals surface area contributed by atoms with E-state index in [1.807, 2.05) is 35.2 Å². The fourth-order valence-corrected chi connectivity index (χ4v) is 3.58. The van der Waals surface area contributed by atoms with Crippen LogP contribution in [0.2, 0.25) is 0 Å². The third-order valence-electron chi connectivity index (χ3n) is 5.05. The molecule has 0 spiro atoms. The van der Waals surface area contributed by atoms with E-state index in [1.165, 1.54) is 0 Å². The summed E-state index contributed by atoms with van der Waals surface area (Å²) < 4.78 is 16.1. The Hall–Kier alpha value is -2.25. The molecule has 0 aliphatic carbocycles. The highest BCUT2D eigenvalue weighted by Gasteiger charge is 2.42. The van der Waals surface area contributed by atoms with Gasteiger partial charge in [-0.1, -0.05) is 35.5 Å². The van der Waals surface area contributed by atoms with Crippen molar-refractivity contribution in [3.8, 4) is 0 Å². The van der Waals surface area contributed by atoms with Crippen molar-refractivity contribution in [3.05, 3.63) is 47.6 Å². The van der Waals surface area contributed by atoms with E-state index >= 15 is 0 Å². The summed E-state index contributed by atoms with van der Waals surface area (Å²) in [4.78, 5) is 19.0. The van der Waals surface area contributed by atoms with Crippen LogP contribution in [0.25, 0.3) is 0 Å². The summed E-state index contributed by atoms with van der Waals surface area (Å²) in [6, 6.07) is 9.85. The number of benzene rings is 1. The van der Waals surface area contributed by atoms with Crippen LogP contribution < -0.4 is 0 Å². The Bertz CT molecular complexity index is 734. The molecular weight excluding hydrogens is 346 g/mol. The maximum absolute atomic E-state index is 12.7. The van der Waals surface area contributed by atoms with Gasteiger partial charge in [-0.25, -0.2) is 0 Å². The third-order valence-corrected chi connectivity index (χ3v) is 5.05. The second-order valence-corrected chi connectivity index (χ2v) is 7.06. The first kappa shape index (κ1) is 19.5. The van der Waals surface area contributed by atoms with Gasteiger partial charge in [0.15, 0.2) is 5.82 Å². The molecule has 1 aromatic carbocycles. The zero-order valence-corrected chi connectivity index (χ0v) is 16.0. The Balaban J connectivity index is 1.62. The van der Waals surface area contributed by atoms with Gasteiger partial charge in [0, 0.05) is 33.7 Å². The molecule has 2 heterocycles. The smallest absolute Gasteiger partial charge is 0.248 e. The number of piperidine rings is 1. The molecule has 1 aliphatic rings. The molecule has 1 unspecified atom stereocenters. The molecule has 146 valence electrons. The van der Waals surface area contributed by atoms with Gasteiger partial charge >= 0.3 is 0 Å². The molecular formula is C20H27N3O4. The zero-order valence-electron chi connectivity index (χ0n) is 16.0. The Labute approximate surface area is 159 Å². The number of aryl methyl sites for hydroxylation is 1. The fourth-order valence-electron chi connectivity index (χ4n) is 3.58. The highest BCUT2D eigenvalue weighted by Crippen LogP contribution is 2.35. The first-order valence-electron chi connectivity index (χ1n) is 9.32. The lowest BCUT2D eigenvalue weighted by Gasteiger charge is -2.40. The first-order chi connectivity index (χ1) is 13.1. The third kappa shape index (κ3) is 4.93. The fraction of sp³-hybridized carbons (Fsp3) is 0.550. The Morgan fingerprint density at radius 3 is 2.85 bits per heavy atom. The van der Waals surface area contributed by atoms with Crippen molar-refractivity contribution in [1.29, 1.82) is 0 Å². The quantitative estimate of drug-likeness (QED) is 0.707. The molecule has 2 aromatic rings. The molecule has 0 N–H and O–H groups in total.